The molecule has 0 saturated carbocycles. The van der Waals surface area contributed by atoms with E-state index in [1.807, 2.05) is 30.3 Å². The largest absolute Gasteiger partial charge is 0.496 e. The molecular formula is C24H27N3O2. The van der Waals surface area contributed by atoms with E-state index in [2.05, 4.69) is 48.0 Å². The number of nitrogens with zero attached hydrogens (tertiary/aromatic N) is 3. The van der Waals surface area contributed by atoms with Gasteiger partial charge >= 0.3 is 0 Å². The van der Waals surface area contributed by atoms with Crippen molar-refractivity contribution in [3.63, 3.8) is 0 Å². The van der Waals surface area contributed by atoms with E-state index in [-0.39, 0.29) is 5.91 Å². The monoisotopic (exact) mass is 389 g/mol. The molecule has 0 bridgehead atoms. The van der Waals surface area contributed by atoms with E-state index < -0.39 is 0 Å². The second-order valence-electron chi connectivity index (χ2n) is 6.62. The average Bonchev–Trinajstić information content (AvgIpc) is 2.79. The summed E-state index contributed by atoms with van der Waals surface area (Å²) in [4.78, 5) is 21.8. The Morgan fingerprint density at radius 2 is 1.62 bits per heavy atom. The number of methoxy groups -OCH3 is 1. The lowest BCUT2D eigenvalue weighted by molar-refractivity contribution is 0.0981. The summed E-state index contributed by atoms with van der Waals surface area (Å²) in [5.41, 5.74) is 2.73. The lowest BCUT2D eigenvalue weighted by atomic mass is 10.1. The van der Waals surface area contributed by atoms with Gasteiger partial charge in [-0.1, -0.05) is 30.3 Å². The number of hydrogen-bond acceptors (Lipinski definition) is 4. The van der Waals surface area contributed by atoms with E-state index >= 15 is 0 Å². The van der Waals surface area contributed by atoms with Crippen LogP contribution in [0, 0.1) is 0 Å². The SMILES string of the molecule is CCN(CC)c1ccc(CN(C(=O)c2ccccc2OC)c2ccccn2)cc1. The number of carbonyl (C=O) groups is 1. The number of carbonyl (C=O) groups excluding carboxylic acids is 1. The van der Waals surface area contributed by atoms with E-state index in [1.165, 1.54) is 5.69 Å². The molecule has 1 aromatic heterocycles. The Kier molecular flexibility index (Phi) is 6.85. The van der Waals surface area contributed by atoms with Crippen molar-refractivity contribution in [2.45, 2.75) is 20.4 Å². The standard InChI is InChI=1S/C24H27N3O2/c1-4-26(5-2)20-15-13-19(14-16-20)18-27(23-12-8-9-17-25-23)24(28)21-10-6-7-11-22(21)29-3/h6-17H,4-5,18H2,1-3H3. The molecule has 3 aromatic rings. The number of anilines is 2. The summed E-state index contributed by atoms with van der Waals surface area (Å²) < 4.78 is 5.40. The smallest absolute Gasteiger partial charge is 0.263 e. The van der Waals surface area contributed by atoms with Gasteiger partial charge in [0, 0.05) is 25.0 Å². The van der Waals surface area contributed by atoms with Crippen LogP contribution < -0.4 is 14.5 Å². The van der Waals surface area contributed by atoms with Gasteiger partial charge in [0.25, 0.3) is 5.91 Å². The minimum atomic E-state index is -0.144. The second-order valence-corrected chi connectivity index (χ2v) is 6.62. The van der Waals surface area contributed by atoms with Crippen molar-refractivity contribution in [1.82, 2.24) is 4.98 Å². The Bertz CT molecular complexity index is 922. The van der Waals surface area contributed by atoms with Gasteiger partial charge in [0.2, 0.25) is 0 Å². The highest BCUT2D eigenvalue weighted by Gasteiger charge is 2.22. The number of ether oxygens (including phenoxy) is 1. The maximum atomic E-state index is 13.4. The van der Waals surface area contributed by atoms with E-state index in [1.54, 1.807) is 30.3 Å². The molecule has 29 heavy (non-hydrogen) atoms. The Labute approximate surface area is 172 Å². The Balaban J connectivity index is 1.92. The molecule has 0 fully saturated rings. The molecule has 0 atom stereocenters. The number of benzene rings is 2. The molecule has 1 amide bonds. The van der Waals surface area contributed by atoms with Crippen LogP contribution in [0.4, 0.5) is 11.5 Å². The van der Waals surface area contributed by atoms with Crippen molar-refractivity contribution in [2.24, 2.45) is 0 Å². The molecule has 2 aromatic carbocycles. The maximum absolute atomic E-state index is 13.4. The molecule has 5 heteroatoms. The van der Waals surface area contributed by atoms with E-state index in [9.17, 15) is 4.79 Å². The van der Waals surface area contributed by atoms with Gasteiger partial charge in [0.1, 0.15) is 11.6 Å². The Morgan fingerprint density at radius 1 is 0.931 bits per heavy atom. The summed E-state index contributed by atoms with van der Waals surface area (Å²) in [6, 6.07) is 21.2. The van der Waals surface area contributed by atoms with Crippen molar-refractivity contribution in [3.8, 4) is 5.75 Å². The van der Waals surface area contributed by atoms with Gasteiger partial charge in [-0.05, 0) is 55.8 Å². The molecule has 0 aliphatic rings. The summed E-state index contributed by atoms with van der Waals surface area (Å²) in [5, 5.41) is 0. The first-order valence-corrected chi connectivity index (χ1v) is 9.87. The van der Waals surface area contributed by atoms with Crippen molar-refractivity contribution in [1.29, 1.82) is 0 Å². The minimum absolute atomic E-state index is 0.144. The van der Waals surface area contributed by atoms with E-state index in [0.29, 0.717) is 23.7 Å². The van der Waals surface area contributed by atoms with Gasteiger partial charge in [-0.3, -0.25) is 9.69 Å². The molecule has 1 heterocycles. The minimum Gasteiger partial charge on any atom is -0.496 e. The van der Waals surface area contributed by atoms with Crippen molar-refractivity contribution in [3.05, 3.63) is 84.1 Å². The molecule has 150 valence electrons. The fourth-order valence-corrected chi connectivity index (χ4v) is 3.32. The molecular weight excluding hydrogens is 362 g/mol. The lowest BCUT2D eigenvalue weighted by Crippen LogP contribution is -2.31. The lowest BCUT2D eigenvalue weighted by Gasteiger charge is -2.24. The van der Waals surface area contributed by atoms with Crippen LogP contribution in [0.25, 0.3) is 0 Å². The van der Waals surface area contributed by atoms with Crippen LogP contribution in [0.5, 0.6) is 5.75 Å². The zero-order chi connectivity index (χ0) is 20.6. The fourth-order valence-electron chi connectivity index (χ4n) is 3.32. The fraction of sp³-hybridized carbons (Fsp3) is 0.250. The van der Waals surface area contributed by atoms with Crippen molar-refractivity contribution >= 4 is 17.4 Å². The van der Waals surface area contributed by atoms with E-state index in [4.69, 9.17) is 4.74 Å². The van der Waals surface area contributed by atoms with Gasteiger partial charge in [-0.2, -0.15) is 0 Å². The predicted molar refractivity (Wildman–Crippen MR) is 118 cm³/mol. The second kappa shape index (κ2) is 9.73. The summed E-state index contributed by atoms with van der Waals surface area (Å²) in [7, 11) is 1.57. The summed E-state index contributed by atoms with van der Waals surface area (Å²) in [6.07, 6.45) is 1.70. The van der Waals surface area contributed by atoms with Crippen LogP contribution in [0.3, 0.4) is 0 Å². The highest BCUT2D eigenvalue weighted by atomic mass is 16.5. The number of aromatic nitrogens is 1. The number of rotatable bonds is 8. The maximum Gasteiger partial charge on any atom is 0.263 e. The molecule has 0 aliphatic carbocycles. The number of pyridine rings is 1. The first-order valence-electron chi connectivity index (χ1n) is 9.87. The molecule has 0 saturated heterocycles. The molecule has 0 aliphatic heterocycles. The van der Waals surface area contributed by atoms with Gasteiger partial charge < -0.3 is 9.64 Å². The van der Waals surface area contributed by atoms with Crippen LogP contribution >= 0.6 is 0 Å². The normalized spacial score (nSPS) is 10.4. The van der Waals surface area contributed by atoms with Crippen LogP contribution in [-0.4, -0.2) is 31.1 Å². The van der Waals surface area contributed by atoms with Crippen molar-refractivity contribution < 1.29 is 9.53 Å². The third-order valence-electron chi connectivity index (χ3n) is 4.91. The Hall–Kier alpha value is -3.34. The summed E-state index contributed by atoms with van der Waals surface area (Å²) in [5.74, 6) is 1.01. The number of hydrogen-bond donors (Lipinski definition) is 0. The van der Waals surface area contributed by atoms with E-state index in [0.717, 1.165) is 18.7 Å². The molecule has 0 spiro atoms. The van der Waals surface area contributed by atoms with Crippen LogP contribution in [0.2, 0.25) is 0 Å². The number of para-hydroxylation sites is 1. The van der Waals surface area contributed by atoms with Crippen molar-refractivity contribution in [2.75, 3.05) is 30.0 Å². The van der Waals surface area contributed by atoms with Gasteiger partial charge in [0.15, 0.2) is 0 Å². The quantitative estimate of drug-likeness (QED) is 0.556. The zero-order valence-electron chi connectivity index (χ0n) is 17.2. The highest BCUT2D eigenvalue weighted by molar-refractivity contribution is 6.07. The molecule has 0 N–H and O–H groups in total. The first-order chi connectivity index (χ1) is 14.2. The molecule has 3 rings (SSSR count). The highest BCUT2D eigenvalue weighted by Crippen LogP contribution is 2.24. The summed E-state index contributed by atoms with van der Waals surface area (Å²) >= 11 is 0. The number of amides is 1. The summed E-state index contributed by atoms with van der Waals surface area (Å²) in [6.45, 7) is 6.63. The van der Waals surface area contributed by atoms with Gasteiger partial charge in [-0.25, -0.2) is 4.98 Å². The zero-order valence-corrected chi connectivity index (χ0v) is 17.2. The molecule has 5 nitrogen and oxygen atoms in total. The molecule has 0 radical (unpaired) electrons. The Morgan fingerprint density at radius 3 is 2.24 bits per heavy atom. The predicted octanol–water partition coefficient (Wildman–Crippen LogP) is 4.78. The van der Waals surface area contributed by atoms with Crippen LogP contribution in [0.1, 0.15) is 29.8 Å². The van der Waals surface area contributed by atoms with Gasteiger partial charge in [-0.15, -0.1) is 0 Å². The molecule has 0 unspecified atom stereocenters. The van der Waals surface area contributed by atoms with Gasteiger partial charge in [0.05, 0.1) is 19.2 Å². The van der Waals surface area contributed by atoms with Crippen LogP contribution in [-0.2, 0) is 6.54 Å². The third-order valence-corrected chi connectivity index (χ3v) is 4.91. The first kappa shape index (κ1) is 20.4. The average molecular weight is 389 g/mol. The van der Waals surface area contributed by atoms with Crippen LogP contribution in [0.15, 0.2) is 72.9 Å². The third kappa shape index (κ3) is 4.74. The topological polar surface area (TPSA) is 45.7 Å².